The third-order valence-electron chi connectivity index (χ3n) is 2.77. The van der Waals surface area contributed by atoms with Gasteiger partial charge in [0.05, 0.1) is 15.9 Å². The van der Waals surface area contributed by atoms with Gasteiger partial charge in [0.1, 0.15) is 0 Å². The molecule has 1 aromatic carbocycles. The Morgan fingerprint density at radius 3 is 2.94 bits per heavy atom. The van der Waals surface area contributed by atoms with Gasteiger partial charge >= 0.3 is 0 Å². The molecular weight excluding hydrogens is 314 g/mol. The summed E-state index contributed by atoms with van der Waals surface area (Å²) >= 11 is 9.58. The number of hydrogen-bond acceptors (Lipinski definition) is 2. The van der Waals surface area contributed by atoms with Gasteiger partial charge in [-0.15, -0.1) is 0 Å². The molecule has 18 heavy (non-hydrogen) atoms. The lowest BCUT2D eigenvalue weighted by molar-refractivity contribution is 0.753. The molecule has 0 aliphatic carbocycles. The van der Waals surface area contributed by atoms with E-state index in [2.05, 4.69) is 33.3 Å². The van der Waals surface area contributed by atoms with Gasteiger partial charge in [-0.25, -0.2) is 4.68 Å². The third-order valence-corrected chi connectivity index (χ3v) is 3.67. The second-order valence-electron chi connectivity index (χ2n) is 4.15. The standard InChI is InChI=1S/C13H15BrClN3/c1-9-3-4-10(15)7-13(9)18-8-11(14)12(17-18)5-6-16-2/h3-4,7-8,16H,5-6H2,1-2H3. The van der Waals surface area contributed by atoms with Crippen molar-refractivity contribution in [2.75, 3.05) is 13.6 Å². The fraction of sp³-hybridized carbons (Fsp3) is 0.308. The monoisotopic (exact) mass is 327 g/mol. The summed E-state index contributed by atoms with van der Waals surface area (Å²) in [5.41, 5.74) is 3.21. The van der Waals surface area contributed by atoms with Crippen LogP contribution in [0.5, 0.6) is 0 Å². The lowest BCUT2D eigenvalue weighted by Crippen LogP contribution is -2.11. The van der Waals surface area contributed by atoms with Crippen LogP contribution in [0.25, 0.3) is 5.69 Å². The van der Waals surface area contributed by atoms with E-state index in [1.165, 1.54) is 0 Å². The molecule has 1 N–H and O–H groups in total. The summed E-state index contributed by atoms with van der Waals surface area (Å²) in [6.07, 6.45) is 2.87. The number of likely N-dealkylation sites (N-methyl/N-ethyl adjacent to an activating group) is 1. The molecule has 0 amide bonds. The van der Waals surface area contributed by atoms with E-state index < -0.39 is 0 Å². The molecule has 2 aromatic rings. The van der Waals surface area contributed by atoms with Gasteiger partial charge in [-0.3, -0.25) is 0 Å². The third kappa shape index (κ3) is 2.94. The Balaban J connectivity index is 2.36. The van der Waals surface area contributed by atoms with Crippen molar-refractivity contribution in [3.05, 3.63) is 45.1 Å². The van der Waals surface area contributed by atoms with Crippen LogP contribution >= 0.6 is 27.5 Å². The zero-order valence-electron chi connectivity index (χ0n) is 10.4. The van der Waals surface area contributed by atoms with E-state index in [0.717, 1.165) is 39.4 Å². The molecule has 0 radical (unpaired) electrons. The van der Waals surface area contributed by atoms with E-state index in [1.807, 2.05) is 36.1 Å². The molecule has 0 unspecified atom stereocenters. The van der Waals surface area contributed by atoms with Crippen molar-refractivity contribution >= 4 is 27.5 Å². The molecule has 96 valence electrons. The molecule has 2 rings (SSSR count). The van der Waals surface area contributed by atoms with Crippen LogP contribution in [-0.2, 0) is 6.42 Å². The number of aromatic nitrogens is 2. The maximum absolute atomic E-state index is 6.03. The van der Waals surface area contributed by atoms with Crippen LogP contribution < -0.4 is 5.32 Å². The van der Waals surface area contributed by atoms with E-state index in [0.29, 0.717) is 0 Å². The lowest BCUT2D eigenvalue weighted by atomic mass is 10.2. The SMILES string of the molecule is CNCCc1nn(-c2cc(Cl)ccc2C)cc1Br. The molecule has 0 bridgehead atoms. The Morgan fingerprint density at radius 1 is 1.44 bits per heavy atom. The van der Waals surface area contributed by atoms with Crippen LogP contribution in [0.1, 0.15) is 11.3 Å². The molecule has 0 spiro atoms. The van der Waals surface area contributed by atoms with Crippen LogP contribution in [0.15, 0.2) is 28.9 Å². The van der Waals surface area contributed by atoms with Gasteiger partial charge in [0.25, 0.3) is 0 Å². The molecular formula is C13H15BrClN3. The van der Waals surface area contributed by atoms with Crippen molar-refractivity contribution in [2.24, 2.45) is 0 Å². The smallest absolute Gasteiger partial charge is 0.0783 e. The zero-order chi connectivity index (χ0) is 13.1. The first-order chi connectivity index (χ1) is 8.61. The molecule has 5 heteroatoms. The zero-order valence-corrected chi connectivity index (χ0v) is 12.7. The second-order valence-corrected chi connectivity index (χ2v) is 5.44. The number of halogens is 2. The molecule has 1 heterocycles. The Hall–Kier alpha value is -0.840. The van der Waals surface area contributed by atoms with Crippen LogP contribution in [0.4, 0.5) is 0 Å². The second kappa shape index (κ2) is 5.87. The molecule has 0 aliphatic heterocycles. The number of rotatable bonds is 4. The average Bonchev–Trinajstić information content (AvgIpc) is 2.71. The largest absolute Gasteiger partial charge is 0.319 e. The van der Waals surface area contributed by atoms with E-state index in [9.17, 15) is 0 Å². The number of nitrogens with zero attached hydrogens (tertiary/aromatic N) is 2. The highest BCUT2D eigenvalue weighted by molar-refractivity contribution is 9.10. The Bertz CT molecular complexity index is 551. The highest BCUT2D eigenvalue weighted by Crippen LogP contribution is 2.22. The van der Waals surface area contributed by atoms with Crippen molar-refractivity contribution < 1.29 is 0 Å². The highest BCUT2D eigenvalue weighted by atomic mass is 79.9. The normalized spacial score (nSPS) is 10.9. The van der Waals surface area contributed by atoms with Gasteiger partial charge in [0, 0.05) is 24.2 Å². The van der Waals surface area contributed by atoms with Crippen LogP contribution in [-0.4, -0.2) is 23.4 Å². The predicted molar refractivity (Wildman–Crippen MR) is 78.6 cm³/mol. The maximum atomic E-state index is 6.03. The number of nitrogens with one attached hydrogen (secondary N) is 1. The molecule has 3 nitrogen and oxygen atoms in total. The summed E-state index contributed by atoms with van der Waals surface area (Å²) in [4.78, 5) is 0. The maximum Gasteiger partial charge on any atom is 0.0783 e. The summed E-state index contributed by atoms with van der Waals surface area (Å²) in [7, 11) is 1.94. The summed E-state index contributed by atoms with van der Waals surface area (Å²) in [5, 5.41) is 8.43. The first-order valence-corrected chi connectivity index (χ1v) is 6.94. The quantitative estimate of drug-likeness (QED) is 0.932. The molecule has 0 atom stereocenters. The molecule has 1 aromatic heterocycles. The minimum Gasteiger partial charge on any atom is -0.319 e. The molecule has 0 aliphatic rings. The van der Waals surface area contributed by atoms with E-state index >= 15 is 0 Å². The predicted octanol–water partition coefficient (Wildman–Crippen LogP) is 3.36. The topological polar surface area (TPSA) is 29.9 Å². The molecule has 0 fully saturated rings. The average molecular weight is 329 g/mol. The summed E-state index contributed by atoms with van der Waals surface area (Å²) < 4.78 is 2.90. The van der Waals surface area contributed by atoms with Crippen LogP contribution in [0.2, 0.25) is 5.02 Å². The minimum absolute atomic E-state index is 0.721. The van der Waals surface area contributed by atoms with Gasteiger partial charge in [-0.1, -0.05) is 17.7 Å². The number of hydrogen-bond donors (Lipinski definition) is 1. The summed E-state index contributed by atoms with van der Waals surface area (Å²) in [6, 6.07) is 5.82. The van der Waals surface area contributed by atoms with Crippen molar-refractivity contribution in [1.82, 2.24) is 15.1 Å². The highest BCUT2D eigenvalue weighted by Gasteiger charge is 2.09. The Morgan fingerprint density at radius 2 is 2.22 bits per heavy atom. The summed E-state index contributed by atoms with van der Waals surface area (Å²) in [5.74, 6) is 0. The van der Waals surface area contributed by atoms with Gasteiger partial charge in [0.15, 0.2) is 0 Å². The molecule has 0 saturated carbocycles. The van der Waals surface area contributed by atoms with Gasteiger partial charge in [-0.2, -0.15) is 5.10 Å². The number of benzene rings is 1. The fourth-order valence-corrected chi connectivity index (χ4v) is 2.39. The van der Waals surface area contributed by atoms with E-state index in [1.54, 1.807) is 0 Å². The summed E-state index contributed by atoms with van der Waals surface area (Å²) in [6.45, 7) is 2.96. The van der Waals surface area contributed by atoms with Gasteiger partial charge in [0.2, 0.25) is 0 Å². The van der Waals surface area contributed by atoms with Crippen LogP contribution in [0.3, 0.4) is 0 Å². The van der Waals surface area contributed by atoms with Crippen molar-refractivity contribution in [3.8, 4) is 5.69 Å². The van der Waals surface area contributed by atoms with Crippen molar-refractivity contribution in [1.29, 1.82) is 0 Å². The van der Waals surface area contributed by atoms with Gasteiger partial charge in [-0.05, 0) is 47.6 Å². The lowest BCUT2D eigenvalue weighted by Gasteiger charge is -2.06. The number of aryl methyl sites for hydroxylation is 1. The Labute approximate surface area is 120 Å². The van der Waals surface area contributed by atoms with Crippen molar-refractivity contribution in [3.63, 3.8) is 0 Å². The van der Waals surface area contributed by atoms with Crippen LogP contribution in [0, 0.1) is 6.92 Å². The minimum atomic E-state index is 0.721. The fourth-order valence-electron chi connectivity index (χ4n) is 1.75. The first-order valence-electron chi connectivity index (χ1n) is 5.77. The van der Waals surface area contributed by atoms with E-state index in [4.69, 9.17) is 11.6 Å². The van der Waals surface area contributed by atoms with E-state index in [-0.39, 0.29) is 0 Å². The molecule has 0 saturated heterocycles. The van der Waals surface area contributed by atoms with Crippen molar-refractivity contribution in [2.45, 2.75) is 13.3 Å². The Kier molecular flexibility index (Phi) is 4.43. The van der Waals surface area contributed by atoms with Gasteiger partial charge < -0.3 is 5.32 Å². The first kappa shape index (κ1) is 13.6.